The molecule has 3 aromatic rings. The van der Waals surface area contributed by atoms with Crippen LogP contribution in [0.4, 0.5) is 0 Å². The van der Waals surface area contributed by atoms with Crippen LogP contribution in [0, 0.1) is 6.92 Å². The Morgan fingerprint density at radius 3 is 2.13 bits per heavy atom. The van der Waals surface area contributed by atoms with Gasteiger partial charge in [0.2, 0.25) is 12.3 Å². The summed E-state index contributed by atoms with van der Waals surface area (Å²) < 4.78 is 1.73. The highest BCUT2D eigenvalue weighted by molar-refractivity contribution is 6.31. The number of aryl methyl sites for hydroxylation is 1. The van der Waals surface area contributed by atoms with Crippen molar-refractivity contribution >= 4 is 41.2 Å². The van der Waals surface area contributed by atoms with Gasteiger partial charge in [0.15, 0.2) is 6.04 Å². The first kappa shape index (κ1) is 21.1. The molecule has 31 heavy (non-hydrogen) atoms. The number of carbonyl (C=O) groups excluding carboxylic acids is 2. The molecule has 0 aliphatic carbocycles. The maximum Gasteiger partial charge on any atom is 0.304 e. The molecule has 156 valence electrons. The Kier molecular flexibility index (Phi) is 6.07. The monoisotopic (exact) mass is 452 g/mol. The van der Waals surface area contributed by atoms with Crippen LogP contribution >= 0.6 is 23.2 Å². The molecule has 0 radical (unpaired) electrons. The molecule has 4 rings (SSSR count). The van der Waals surface area contributed by atoms with E-state index in [1.54, 1.807) is 41.1 Å². The number of hydrogen-bond donors (Lipinski definition) is 2. The predicted octanol–water partition coefficient (Wildman–Crippen LogP) is 4.32. The minimum atomic E-state index is -0.783. The van der Waals surface area contributed by atoms with Crippen molar-refractivity contribution in [2.24, 2.45) is 0 Å². The molecule has 0 bridgehead atoms. The molecule has 0 saturated carbocycles. The molecule has 2 amide bonds. The summed E-state index contributed by atoms with van der Waals surface area (Å²) in [4.78, 5) is 25.7. The summed E-state index contributed by atoms with van der Waals surface area (Å²) in [6.45, 7) is 2.00. The summed E-state index contributed by atoms with van der Waals surface area (Å²) in [6.07, 6.45) is 1.83. The highest BCUT2D eigenvalue weighted by atomic mass is 35.5. The fourth-order valence-electron chi connectivity index (χ4n) is 3.48. The minimum absolute atomic E-state index is 0.293. The normalized spacial score (nSPS) is 19.3. The maximum absolute atomic E-state index is 12.9. The molecule has 3 aromatic carbocycles. The highest BCUT2D eigenvalue weighted by Gasteiger charge is 2.47. The third-order valence-corrected chi connectivity index (χ3v) is 5.61. The van der Waals surface area contributed by atoms with Crippen molar-refractivity contribution < 1.29 is 14.3 Å². The molecular weight excluding hydrogens is 433 g/mol. The van der Waals surface area contributed by atoms with Gasteiger partial charge in [0.1, 0.15) is 0 Å². The largest absolute Gasteiger partial charge is 0.334 e. The molecule has 1 aliphatic rings. The Hall–Kier alpha value is -3.15. The van der Waals surface area contributed by atoms with Crippen LogP contribution in [0.2, 0.25) is 10.0 Å². The summed E-state index contributed by atoms with van der Waals surface area (Å²) in [5, 5.41) is 4.04. The number of amides is 2. The first-order chi connectivity index (χ1) is 14.9. The Morgan fingerprint density at radius 2 is 1.52 bits per heavy atom. The molecule has 5 nitrogen and oxygen atoms in total. The zero-order chi connectivity index (χ0) is 22.0. The molecule has 0 spiro atoms. The standard InChI is InChI=1S/C24H19Cl2N3O2/c1-15-2-6-17(7-3-15)22-21(27-23(30)18-8-12-20(26)13-9-18)24(31)28-29(22)14-16-4-10-19(25)11-5-16/h2-14,21-22H,1H3,(H-,27,28,30,31)/p+1/b29-14-/t21-,22-/m1/s1. The number of benzene rings is 3. The van der Waals surface area contributed by atoms with Crippen molar-refractivity contribution in [2.75, 3.05) is 0 Å². The molecule has 1 fully saturated rings. The van der Waals surface area contributed by atoms with E-state index in [-0.39, 0.29) is 11.8 Å². The number of nitrogens with one attached hydrogen (secondary N) is 2. The third-order valence-electron chi connectivity index (χ3n) is 5.11. The van der Waals surface area contributed by atoms with Crippen LogP contribution in [0.3, 0.4) is 0 Å². The smallest absolute Gasteiger partial charge is 0.304 e. The molecule has 0 unspecified atom stereocenters. The lowest BCUT2D eigenvalue weighted by Gasteiger charge is -2.15. The van der Waals surface area contributed by atoms with Crippen LogP contribution in [0.1, 0.15) is 33.1 Å². The van der Waals surface area contributed by atoms with Crippen molar-refractivity contribution in [3.63, 3.8) is 0 Å². The third kappa shape index (κ3) is 4.79. The number of halogens is 2. The van der Waals surface area contributed by atoms with Gasteiger partial charge in [-0.2, -0.15) is 0 Å². The average molecular weight is 453 g/mol. The van der Waals surface area contributed by atoms with Crippen molar-refractivity contribution in [2.45, 2.75) is 19.0 Å². The minimum Gasteiger partial charge on any atom is -0.334 e. The lowest BCUT2D eigenvalue weighted by atomic mass is 9.98. The van der Waals surface area contributed by atoms with Crippen molar-refractivity contribution in [3.8, 4) is 0 Å². The van der Waals surface area contributed by atoms with E-state index in [0.29, 0.717) is 15.6 Å². The summed E-state index contributed by atoms with van der Waals surface area (Å²) in [5.41, 5.74) is 6.17. The summed E-state index contributed by atoms with van der Waals surface area (Å²) in [6, 6.07) is 20.5. The van der Waals surface area contributed by atoms with Gasteiger partial charge in [-0.25, -0.2) is 0 Å². The quantitative estimate of drug-likeness (QED) is 0.579. The van der Waals surface area contributed by atoms with Crippen molar-refractivity contribution in [1.82, 2.24) is 10.7 Å². The van der Waals surface area contributed by atoms with Gasteiger partial charge < -0.3 is 5.32 Å². The first-order valence-corrected chi connectivity index (χ1v) is 10.5. The Labute approximate surface area is 190 Å². The number of hydrazone groups is 1. The zero-order valence-electron chi connectivity index (χ0n) is 16.7. The molecule has 2 atom stereocenters. The molecule has 7 heteroatoms. The van der Waals surface area contributed by atoms with Gasteiger partial charge in [0.25, 0.3) is 5.91 Å². The molecular formula is C24H20Cl2N3O2+. The van der Waals surface area contributed by atoms with Gasteiger partial charge >= 0.3 is 5.91 Å². The van der Waals surface area contributed by atoms with E-state index < -0.39 is 12.1 Å². The van der Waals surface area contributed by atoms with Crippen LogP contribution in [0.25, 0.3) is 0 Å². The van der Waals surface area contributed by atoms with Gasteiger partial charge in [-0.1, -0.05) is 53.0 Å². The second-order valence-electron chi connectivity index (χ2n) is 7.38. The van der Waals surface area contributed by atoms with Gasteiger partial charge in [-0.3, -0.25) is 9.59 Å². The second-order valence-corrected chi connectivity index (χ2v) is 8.25. The molecule has 1 heterocycles. The first-order valence-electron chi connectivity index (χ1n) is 9.73. The maximum atomic E-state index is 12.9. The van der Waals surface area contributed by atoms with E-state index in [1.165, 1.54) is 0 Å². The van der Waals surface area contributed by atoms with E-state index in [0.717, 1.165) is 16.7 Å². The van der Waals surface area contributed by atoms with Crippen LogP contribution in [-0.4, -0.2) is 28.8 Å². The summed E-state index contributed by atoms with van der Waals surface area (Å²) in [5.74, 6) is -0.639. The SMILES string of the molecule is Cc1ccc([C@@H]2[C@@H](NC(=O)c3ccc(Cl)cc3)C(=O)N/[N+]2=C\c2ccc(Cl)cc2)cc1. The number of rotatable bonds is 4. The number of carbonyl (C=O) groups is 2. The molecule has 0 aromatic heterocycles. The van der Waals surface area contributed by atoms with Crippen LogP contribution in [0.5, 0.6) is 0 Å². The van der Waals surface area contributed by atoms with E-state index in [1.807, 2.05) is 49.5 Å². The Bertz CT molecular complexity index is 1140. The van der Waals surface area contributed by atoms with Gasteiger partial charge in [0.05, 0.1) is 0 Å². The Balaban J connectivity index is 1.69. The van der Waals surface area contributed by atoms with Crippen LogP contribution in [0.15, 0.2) is 72.8 Å². The van der Waals surface area contributed by atoms with E-state index >= 15 is 0 Å². The molecule has 1 saturated heterocycles. The number of hydrogen-bond acceptors (Lipinski definition) is 2. The lowest BCUT2D eigenvalue weighted by Crippen LogP contribution is -2.42. The van der Waals surface area contributed by atoms with Gasteiger partial charge in [-0.15, -0.1) is 10.1 Å². The predicted molar refractivity (Wildman–Crippen MR) is 122 cm³/mol. The second kappa shape index (κ2) is 8.92. The average Bonchev–Trinajstić information content (AvgIpc) is 3.05. The van der Waals surface area contributed by atoms with Crippen LogP contribution in [-0.2, 0) is 4.79 Å². The lowest BCUT2D eigenvalue weighted by molar-refractivity contribution is -0.596. The zero-order valence-corrected chi connectivity index (χ0v) is 18.2. The fraction of sp³-hybridized carbons (Fsp3) is 0.125. The van der Waals surface area contributed by atoms with Crippen molar-refractivity contribution in [1.29, 1.82) is 0 Å². The molecule has 2 N–H and O–H groups in total. The molecule has 1 aliphatic heterocycles. The Morgan fingerprint density at radius 1 is 0.935 bits per heavy atom. The van der Waals surface area contributed by atoms with E-state index in [2.05, 4.69) is 10.7 Å². The van der Waals surface area contributed by atoms with Gasteiger partial charge in [0, 0.05) is 26.7 Å². The topological polar surface area (TPSA) is 61.2 Å². The summed E-state index contributed by atoms with van der Waals surface area (Å²) >= 11 is 11.9. The van der Waals surface area contributed by atoms with Crippen LogP contribution < -0.4 is 10.7 Å². The highest BCUT2D eigenvalue weighted by Crippen LogP contribution is 2.26. The number of hydrazine groups is 1. The van der Waals surface area contributed by atoms with Crippen molar-refractivity contribution in [3.05, 3.63) is 105 Å². The number of nitrogens with zero attached hydrogens (tertiary/aromatic N) is 1. The fourth-order valence-corrected chi connectivity index (χ4v) is 3.73. The van der Waals surface area contributed by atoms with E-state index in [4.69, 9.17) is 23.2 Å². The summed E-state index contributed by atoms with van der Waals surface area (Å²) in [7, 11) is 0. The van der Waals surface area contributed by atoms with Gasteiger partial charge in [-0.05, 0) is 55.5 Å². The van der Waals surface area contributed by atoms with E-state index in [9.17, 15) is 9.59 Å².